The van der Waals surface area contributed by atoms with Crippen LogP contribution in [-0.2, 0) is 11.0 Å². The van der Waals surface area contributed by atoms with E-state index in [9.17, 15) is 18.0 Å². The maximum absolute atomic E-state index is 12.5. The van der Waals surface area contributed by atoms with Crippen molar-refractivity contribution in [2.24, 2.45) is 5.92 Å². The predicted molar refractivity (Wildman–Crippen MR) is 68.8 cm³/mol. The SMILES string of the molecule is CC(C)C(CC(=O)O)Nc1ncc(C(F)(F)F)cc1Cl. The maximum Gasteiger partial charge on any atom is 0.417 e. The summed E-state index contributed by atoms with van der Waals surface area (Å²) in [5.41, 5.74) is -0.951. The highest BCUT2D eigenvalue weighted by Crippen LogP contribution is 2.32. The number of carbonyl (C=O) groups is 1. The Balaban J connectivity index is 2.94. The quantitative estimate of drug-likeness (QED) is 0.871. The van der Waals surface area contributed by atoms with Crippen LogP contribution >= 0.6 is 11.6 Å². The van der Waals surface area contributed by atoms with Crippen LogP contribution in [0, 0.1) is 5.92 Å². The number of carboxylic acids is 1. The summed E-state index contributed by atoms with van der Waals surface area (Å²) in [7, 11) is 0. The number of aliphatic carboxylic acids is 1. The Morgan fingerprint density at radius 2 is 2.10 bits per heavy atom. The van der Waals surface area contributed by atoms with E-state index in [4.69, 9.17) is 16.7 Å². The Morgan fingerprint density at radius 3 is 2.50 bits per heavy atom. The molecule has 1 unspecified atom stereocenters. The molecule has 1 rings (SSSR count). The molecule has 0 aliphatic rings. The van der Waals surface area contributed by atoms with E-state index in [-0.39, 0.29) is 23.2 Å². The molecule has 2 N–H and O–H groups in total. The molecule has 1 aromatic rings. The van der Waals surface area contributed by atoms with Gasteiger partial charge in [-0.1, -0.05) is 25.4 Å². The first-order valence-corrected chi connectivity index (χ1v) is 6.20. The molecule has 0 aromatic carbocycles. The monoisotopic (exact) mass is 310 g/mol. The third kappa shape index (κ3) is 4.56. The highest BCUT2D eigenvalue weighted by molar-refractivity contribution is 6.33. The first kappa shape index (κ1) is 16.6. The van der Waals surface area contributed by atoms with Crippen molar-refractivity contribution in [3.8, 4) is 0 Å². The van der Waals surface area contributed by atoms with Crippen LogP contribution in [0.25, 0.3) is 0 Å². The van der Waals surface area contributed by atoms with Crippen molar-refractivity contribution < 1.29 is 23.1 Å². The number of anilines is 1. The van der Waals surface area contributed by atoms with Gasteiger partial charge in [0.25, 0.3) is 0 Å². The van der Waals surface area contributed by atoms with Gasteiger partial charge in [0.1, 0.15) is 5.82 Å². The van der Waals surface area contributed by atoms with Crippen molar-refractivity contribution in [2.45, 2.75) is 32.5 Å². The molecule has 1 aromatic heterocycles. The van der Waals surface area contributed by atoms with Crippen molar-refractivity contribution in [2.75, 3.05) is 5.32 Å². The molecule has 112 valence electrons. The number of aromatic nitrogens is 1. The van der Waals surface area contributed by atoms with Gasteiger partial charge in [-0.05, 0) is 12.0 Å². The average molecular weight is 311 g/mol. The van der Waals surface area contributed by atoms with Crippen molar-refractivity contribution >= 4 is 23.4 Å². The smallest absolute Gasteiger partial charge is 0.417 e. The molecular weight excluding hydrogens is 297 g/mol. The van der Waals surface area contributed by atoms with Crippen LogP contribution < -0.4 is 5.32 Å². The van der Waals surface area contributed by atoms with Crippen molar-refractivity contribution in [1.29, 1.82) is 0 Å². The van der Waals surface area contributed by atoms with Gasteiger partial charge < -0.3 is 10.4 Å². The second kappa shape index (κ2) is 6.30. The van der Waals surface area contributed by atoms with Crippen molar-refractivity contribution in [3.63, 3.8) is 0 Å². The topological polar surface area (TPSA) is 62.2 Å². The molecule has 0 spiro atoms. The molecule has 20 heavy (non-hydrogen) atoms. The van der Waals surface area contributed by atoms with E-state index in [2.05, 4.69) is 10.3 Å². The highest BCUT2D eigenvalue weighted by atomic mass is 35.5. The predicted octanol–water partition coefficient (Wildman–Crippen LogP) is 3.67. The number of nitrogens with zero attached hydrogens (tertiary/aromatic N) is 1. The molecular formula is C12H14ClF3N2O2. The Bertz CT molecular complexity index is 492. The third-order valence-electron chi connectivity index (χ3n) is 2.69. The summed E-state index contributed by atoms with van der Waals surface area (Å²) in [5, 5.41) is 11.4. The zero-order chi connectivity index (χ0) is 15.5. The fourth-order valence-electron chi connectivity index (χ4n) is 1.52. The van der Waals surface area contributed by atoms with Gasteiger partial charge in [0.2, 0.25) is 0 Å². The van der Waals surface area contributed by atoms with E-state index in [0.717, 1.165) is 6.07 Å². The van der Waals surface area contributed by atoms with Crippen molar-refractivity contribution in [3.05, 3.63) is 22.8 Å². The molecule has 0 aliphatic carbocycles. The van der Waals surface area contributed by atoms with E-state index in [0.29, 0.717) is 6.20 Å². The molecule has 0 fully saturated rings. The first-order valence-electron chi connectivity index (χ1n) is 5.82. The maximum atomic E-state index is 12.5. The minimum absolute atomic E-state index is 0.0413. The van der Waals surface area contributed by atoms with Crippen LogP contribution in [0.5, 0.6) is 0 Å². The molecule has 4 nitrogen and oxygen atoms in total. The number of hydrogen-bond acceptors (Lipinski definition) is 3. The summed E-state index contributed by atoms with van der Waals surface area (Å²) in [5.74, 6) is -1.02. The van der Waals surface area contributed by atoms with Gasteiger partial charge in [-0.3, -0.25) is 4.79 Å². The van der Waals surface area contributed by atoms with Gasteiger partial charge in [0.05, 0.1) is 17.0 Å². The van der Waals surface area contributed by atoms with Gasteiger partial charge in [-0.15, -0.1) is 0 Å². The number of nitrogens with one attached hydrogen (secondary N) is 1. The summed E-state index contributed by atoms with van der Waals surface area (Å²) < 4.78 is 37.4. The Labute approximate surface area is 119 Å². The summed E-state index contributed by atoms with van der Waals surface area (Å²) >= 11 is 5.75. The third-order valence-corrected chi connectivity index (χ3v) is 2.98. The van der Waals surface area contributed by atoms with Gasteiger partial charge in [-0.2, -0.15) is 13.2 Å². The lowest BCUT2D eigenvalue weighted by molar-refractivity contribution is -0.138. The van der Waals surface area contributed by atoms with Crippen LogP contribution in [0.4, 0.5) is 19.0 Å². The Hall–Kier alpha value is -1.50. The largest absolute Gasteiger partial charge is 0.481 e. The van der Waals surface area contributed by atoms with E-state index < -0.39 is 23.8 Å². The van der Waals surface area contributed by atoms with E-state index in [1.54, 1.807) is 13.8 Å². The van der Waals surface area contributed by atoms with Crippen LogP contribution in [0.1, 0.15) is 25.8 Å². The second-order valence-electron chi connectivity index (χ2n) is 4.64. The normalized spacial score (nSPS) is 13.3. The number of alkyl halides is 3. The number of pyridine rings is 1. The fourth-order valence-corrected chi connectivity index (χ4v) is 1.74. The second-order valence-corrected chi connectivity index (χ2v) is 5.05. The average Bonchev–Trinajstić information content (AvgIpc) is 2.28. The summed E-state index contributed by atoms with van der Waals surface area (Å²) in [6, 6.07) is 0.281. The van der Waals surface area contributed by atoms with Crippen LogP contribution in [0.2, 0.25) is 5.02 Å². The zero-order valence-corrected chi connectivity index (χ0v) is 11.6. The van der Waals surface area contributed by atoms with Crippen LogP contribution in [-0.4, -0.2) is 22.1 Å². The van der Waals surface area contributed by atoms with E-state index >= 15 is 0 Å². The molecule has 0 bridgehead atoms. The Morgan fingerprint density at radius 1 is 1.50 bits per heavy atom. The lowest BCUT2D eigenvalue weighted by Gasteiger charge is -2.22. The van der Waals surface area contributed by atoms with Gasteiger partial charge in [0.15, 0.2) is 0 Å². The summed E-state index contributed by atoms with van der Waals surface area (Å²) in [4.78, 5) is 14.4. The number of halogens is 4. The number of hydrogen-bond donors (Lipinski definition) is 2. The summed E-state index contributed by atoms with van der Waals surface area (Å²) in [6.07, 6.45) is -4.04. The minimum Gasteiger partial charge on any atom is -0.481 e. The first-order chi connectivity index (χ1) is 9.11. The number of carboxylic acid groups (broad SMARTS) is 1. The molecule has 1 atom stereocenters. The Kier molecular flexibility index (Phi) is 5.21. The molecule has 0 saturated carbocycles. The zero-order valence-electron chi connectivity index (χ0n) is 10.8. The van der Waals surface area contributed by atoms with Crippen LogP contribution in [0.15, 0.2) is 12.3 Å². The van der Waals surface area contributed by atoms with Gasteiger partial charge >= 0.3 is 12.1 Å². The molecule has 0 amide bonds. The van der Waals surface area contributed by atoms with Gasteiger partial charge in [-0.25, -0.2) is 4.98 Å². The van der Waals surface area contributed by atoms with Crippen LogP contribution in [0.3, 0.4) is 0 Å². The summed E-state index contributed by atoms with van der Waals surface area (Å²) in [6.45, 7) is 3.58. The molecule has 8 heteroatoms. The highest BCUT2D eigenvalue weighted by Gasteiger charge is 2.31. The molecule has 1 heterocycles. The van der Waals surface area contributed by atoms with E-state index in [1.807, 2.05) is 0 Å². The lowest BCUT2D eigenvalue weighted by Crippen LogP contribution is -2.29. The lowest BCUT2D eigenvalue weighted by atomic mass is 10.0. The molecule has 0 aliphatic heterocycles. The van der Waals surface area contributed by atoms with Gasteiger partial charge in [0, 0.05) is 12.2 Å². The fraction of sp³-hybridized carbons (Fsp3) is 0.500. The van der Waals surface area contributed by atoms with E-state index in [1.165, 1.54) is 0 Å². The molecule has 0 radical (unpaired) electrons. The standard InChI is InChI=1S/C12H14ClF3N2O2/c1-6(2)9(4-10(19)20)18-11-8(13)3-7(5-17-11)12(14,15)16/h3,5-6,9H,4H2,1-2H3,(H,17,18)(H,19,20). The van der Waals surface area contributed by atoms with Crippen molar-refractivity contribution in [1.82, 2.24) is 4.98 Å². The molecule has 0 saturated heterocycles. The number of rotatable bonds is 5. The minimum atomic E-state index is -4.52.